The third kappa shape index (κ3) is 5.34. The first-order chi connectivity index (χ1) is 13.1. The molecule has 1 N–H and O–H groups in total. The molecular weight excluding hydrogens is 364 g/mol. The Morgan fingerprint density at radius 3 is 2.15 bits per heavy atom. The van der Waals surface area contributed by atoms with E-state index >= 15 is 0 Å². The van der Waals surface area contributed by atoms with E-state index in [2.05, 4.69) is 5.32 Å². The molecule has 0 saturated carbocycles. The summed E-state index contributed by atoms with van der Waals surface area (Å²) in [5.74, 6) is -0.317. The Kier molecular flexibility index (Phi) is 6.49. The van der Waals surface area contributed by atoms with Gasteiger partial charge in [0.25, 0.3) is 11.1 Å². The van der Waals surface area contributed by atoms with E-state index < -0.39 is 11.9 Å². The van der Waals surface area contributed by atoms with Crippen molar-refractivity contribution in [2.45, 2.75) is 6.04 Å². The van der Waals surface area contributed by atoms with Gasteiger partial charge in [0, 0.05) is 12.3 Å². The van der Waals surface area contributed by atoms with Crippen LogP contribution in [-0.2, 0) is 14.3 Å². The molecule has 1 aliphatic heterocycles. The lowest BCUT2D eigenvalue weighted by Gasteiger charge is -2.20. The molecule has 140 valence electrons. The molecule has 7 heteroatoms. The highest BCUT2D eigenvalue weighted by Gasteiger charge is 2.24. The smallest absolute Gasteiger partial charge is 0.326 e. The minimum absolute atomic E-state index is 0.125. The fourth-order valence-electron chi connectivity index (χ4n) is 2.77. The summed E-state index contributed by atoms with van der Waals surface area (Å²) in [7, 11) is 0. The number of rotatable bonds is 7. The fourth-order valence-corrected chi connectivity index (χ4v) is 3.59. The summed E-state index contributed by atoms with van der Waals surface area (Å²) < 4.78 is 5.03. The number of ether oxygens (including phenoxy) is 1. The maximum atomic E-state index is 12.3. The van der Waals surface area contributed by atoms with Crippen LogP contribution in [-0.4, -0.2) is 47.5 Å². The van der Waals surface area contributed by atoms with Crippen molar-refractivity contribution >= 4 is 28.9 Å². The Morgan fingerprint density at radius 2 is 1.63 bits per heavy atom. The van der Waals surface area contributed by atoms with E-state index in [0.717, 1.165) is 11.1 Å². The molecule has 0 atom stereocenters. The summed E-state index contributed by atoms with van der Waals surface area (Å²) in [6.45, 7) is 0.0129. The highest BCUT2D eigenvalue weighted by molar-refractivity contribution is 8.13. The largest absolute Gasteiger partial charge is 0.454 e. The lowest BCUT2D eigenvalue weighted by atomic mass is 9.99. The molecule has 2 aromatic carbocycles. The molecule has 0 unspecified atom stereocenters. The van der Waals surface area contributed by atoms with Crippen LogP contribution in [0.2, 0.25) is 0 Å². The van der Waals surface area contributed by atoms with E-state index in [9.17, 15) is 14.4 Å². The zero-order valence-electron chi connectivity index (χ0n) is 14.7. The van der Waals surface area contributed by atoms with Gasteiger partial charge in [0.1, 0.15) is 6.54 Å². The van der Waals surface area contributed by atoms with E-state index in [0.29, 0.717) is 12.3 Å². The third-order valence-corrected chi connectivity index (χ3v) is 4.99. The number of amides is 2. The van der Waals surface area contributed by atoms with Crippen LogP contribution in [0.5, 0.6) is 0 Å². The SMILES string of the molecule is O=C(COC(=O)CN1CCSC1=O)NC(c1ccccc1)c1ccccc1. The summed E-state index contributed by atoms with van der Waals surface area (Å²) in [5.41, 5.74) is 1.87. The Balaban J connectivity index is 1.58. The van der Waals surface area contributed by atoms with Crippen LogP contribution in [0.3, 0.4) is 0 Å². The molecule has 2 amide bonds. The van der Waals surface area contributed by atoms with Gasteiger partial charge in [-0.15, -0.1) is 0 Å². The Morgan fingerprint density at radius 1 is 1.04 bits per heavy atom. The molecule has 6 nitrogen and oxygen atoms in total. The Hall–Kier alpha value is -2.80. The van der Waals surface area contributed by atoms with Crippen LogP contribution >= 0.6 is 11.8 Å². The summed E-state index contributed by atoms with van der Waals surface area (Å²) in [4.78, 5) is 37.1. The number of hydrogen-bond donors (Lipinski definition) is 1. The molecule has 1 heterocycles. The highest BCUT2D eigenvalue weighted by atomic mass is 32.2. The highest BCUT2D eigenvalue weighted by Crippen LogP contribution is 2.21. The van der Waals surface area contributed by atoms with Gasteiger partial charge in [0.2, 0.25) is 0 Å². The second-order valence-electron chi connectivity index (χ2n) is 6.02. The van der Waals surface area contributed by atoms with Gasteiger partial charge in [0.15, 0.2) is 6.61 Å². The predicted octanol–water partition coefficient (Wildman–Crippen LogP) is 2.60. The van der Waals surface area contributed by atoms with E-state index in [1.54, 1.807) is 0 Å². The van der Waals surface area contributed by atoms with Crippen molar-refractivity contribution in [3.8, 4) is 0 Å². The number of carbonyl (C=O) groups excluding carboxylic acids is 3. The summed E-state index contributed by atoms with van der Waals surface area (Å²) in [6.07, 6.45) is 0. The minimum Gasteiger partial charge on any atom is -0.454 e. The fraction of sp³-hybridized carbons (Fsp3) is 0.250. The molecule has 1 saturated heterocycles. The average Bonchev–Trinajstić information content (AvgIpc) is 3.10. The summed E-state index contributed by atoms with van der Waals surface area (Å²) in [6, 6.07) is 18.8. The molecule has 0 bridgehead atoms. The minimum atomic E-state index is -0.586. The number of nitrogens with zero attached hydrogens (tertiary/aromatic N) is 1. The zero-order valence-corrected chi connectivity index (χ0v) is 15.5. The van der Waals surface area contributed by atoms with E-state index in [1.165, 1.54) is 16.7 Å². The molecule has 0 aliphatic carbocycles. The van der Waals surface area contributed by atoms with Crippen molar-refractivity contribution in [1.82, 2.24) is 10.2 Å². The quantitative estimate of drug-likeness (QED) is 0.743. The van der Waals surface area contributed by atoms with Crippen molar-refractivity contribution < 1.29 is 19.1 Å². The summed E-state index contributed by atoms with van der Waals surface area (Å²) in [5, 5.41) is 2.77. The van der Waals surface area contributed by atoms with Gasteiger partial charge in [-0.2, -0.15) is 0 Å². The molecule has 1 fully saturated rings. The number of carbonyl (C=O) groups is 3. The molecule has 0 spiro atoms. The van der Waals surface area contributed by atoms with Gasteiger partial charge in [0.05, 0.1) is 6.04 Å². The van der Waals surface area contributed by atoms with E-state index in [-0.39, 0.29) is 24.4 Å². The van der Waals surface area contributed by atoms with E-state index in [4.69, 9.17) is 4.74 Å². The molecular formula is C20H20N2O4S. The van der Waals surface area contributed by atoms with Crippen LogP contribution in [0.15, 0.2) is 60.7 Å². The van der Waals surface area contributed by atoms with Crippen LogP contribution < -0.4 is 5.32 Å². The van der Waals surface area contributed by atoms with Crippen LogP contribution in [0, 0.1) is 0 Å². The normalized spacial score (nSPS) is 13.7. The van der Waals surface area contributed by atoms with E-state index in [1.807, 2.05) is 60.7 Å². The first kappa shape index (κ1) is 19.0. The standard InChI is InChI=1S/C20H20N2O4S/c23-17(14-26-18(24)13-22-11-12-27-20(22)25)21-19(15-7-3-1-4-8-15)16-9-5-2-6-10-16/h1-10,19H,11-14H2,(H,21,23). The molecule has 2 aromatic rings. The maximum absolute atomic E-state index is 12.3. The van der Waals surface area contributed by atoms with Crippen molar-refractivity contribution in [1.29, 1.82) is 0 Å². The Labute approximate surface area is 161 Å². The second-order valence-corrected chi connectivity index (χ2v) is 7.06. The zero-order chi connectivity index (χ0) is 19.1. The summed E-state index contributed by atoms with van der Waals surface area (Å²) >= 11 is 1.18. The molecule has 27 heavy (non-hydrogen) atoms. The van der Waals surface area contributed by atoms with Crippen LogP contribution in [0.1, 0.15) is 17.2 Å². The Bertz CT molecular complexity index is 759. The van der Waals surface area contributed by atoms with Gasteiger partial charge < -0.3 is 15.0 Å². The number of nitrogens with one attached hydrogen (secondary N) is 1. The molecule has 1 aliphatic rings. The first-order valence-electron chi connectivity index (χ1n) is 8.60. The van der Waals surface area contributed by atoms with Crippen LogP contribution in [0.25, 0.3) is 0 Å². The molecule has 0 aromatic heterocycles. The molecule has 0 radical (unpaired) electrons. The van der Waals surface area contributed by atoms with Gasteiger partial charge in [-0.3, -0.25) is 14.4 Å². The number of esters is 1. The topological polar surface area (TPSA) is 75.7 Å². The average molecular weight is 384 g/mol. The third-order valence-electron chi connectivity index (χ3n) is 4.10. The van der Waals surface area contributed by atoms with Crippen molar-refractivity contribution in [2.75, 3.05) is 25.4 Å². The number of hydrogen-bond acceptors (Lipinski definition) is 5. The van der Waals surface area contributed by atoms with Crippen LogP contribution in [0.4, 0.5) is 4.79 Å². The molecule has 3 rings (SSSR count). The van der Waals surface area contributed by atoms with Gasteiger partial charge in [-0.25, -0.2) is 0 Å². The van der Waals surface area contributed by atoms with Crippen molar-refractivity contribution in [2.24, 2.45) is 0 Å². The monoisotopic (exact) mass is 384 g/mol. The van der Waals surface area contributed by atoms with Crippen molar-refractivity contribution in [3.63, 3.8) is 0 Å². The first-order valence-corrected chi connectivity index (χ1v) is 9.58. The number of thioether (sulfide) groups is 1. The van der Waals surface area contributed by atoms with Crippen molar-refractivity contribution in [3.05, 3.63) is 71.8 Å². The second kappa shape index (κ2) is 9.23. The lowest BCUT2D eigenvalue weighted by molar-refractivity contribution is -0.149. The van der Waals surface area contributed by atoms with Gasteiger partial charge >= 0.3 is 5.97 Å². The van der Waals surface area contributed by atoms with Gasteiger partial charge in [-0.1, -0.05) is 72.4 Å². The lowest BCUT2D eigenvalue weighted by Crippen LogP contribution is -2.35. The predicted molar refractivity (Wildman–Crippen MR) is 103 cm³/mol. The van der Waals surface area contributed by atoms with Gasteiger partial charge in [-0.05, 0) is 11.1 Å². The maximum Gasteiger partial charge on any atom is 0.326 e. The number of benzene rings is 2.